The molecule has 2 amide bonds. The fourth-order valence-electron chi connectivity index (χ4n) is 4.56. The van der Waals surface area contributed by atoms with Crippen LogP contribution in [0.25, 0.3) is 0 Å². The lowest BCUT2D eigenvalue weighted by atomic mass is 9.90. The van der Waals surface area contributed by atoms with Crippen LogP contribution in [0.3, 0.4) is 0 Å². The van der Waals surface area contributed by atoms with E-state index in [0.717, 1.165) is 36.6 Å². The van der Waals surface area contributed by atoms with Gasteiger partial charge in [0, 0.05) is 49.7 Å². The van der Waals surface area contributed by atoms with Crippen molar-refractivity contribution in [3.05, 3.63) is 46.1 Å². The summed E-state index contributed by atoms with van der Waals surface area (Å²) in [6.45, 7) is 6.46. The number of nitrogens with zero attached hydrogens (tertiary/aromatic N) is 3. The van der Waals surface area contributed by atoms with E-state index in [1.807, 2.05) is 25.3 Å². The second kappa shape index (κ2) is 9.78. The van der Waals surface area contributed by atoms with Gasteiger partial charge in [-0.25, -0.2) is 4.79 Å². The van der Waals surface area contributed by atoms with Gasteiger partial charge in [0.2, 0.25) is 5.91 Å². The SMILES string of the molecule is CCOC(=O)N1CCN(C(c2ccccn2)c2c(NC(C)=O)sc3c2CCCC3)CC1. The number of hydrogen-bond acceptors (Lipinski definition) is 6. The number of rotatable bonds is 5. The molecule has 7 nitrogen and oxygen atoms in total. The molecular weight excluding hydrogens is 412 g/mol. The number of aryl methyl sites for hydroxylation is 1. The van der Waals surface area contributed by atoms with E-state index < -0.39 is 0 Å². The molecule has 0 radical (unpaired) electrons. The Kier molecular flexibility index (Phi) is 6.87. The fourth-order valence-corrected chi connectivity index (χ4v) is 5.93. The Morgan fingerprint density at radius 1 is 1.19 bits per heavy atom. The minimum absolute atomic E-state index is 0.0493. The smallest absolute Gasteiger partial charge is 0.409 e. The van der Waals surface area contributed by atoms with Crippen LogP contribution in [0, 0.1) is 0 Å². The van der Waals surface area contributed by atoms with Crippen molar-refractivity contribution in [1.29, 1.82) is 0 Å². The van der Waals surface area contributed by atoms with E-state index in [1.165, 1.54) is 28.8 Å². The zero-order chi connectivity index (χ0) is 21.8. The summed E-state index contributed by atoms with van der Waals surface area (Å²) in [6.07, 6.45) is 6.04. The van der Waals surface area contributed by atoms with Crippen molar-refractivity contribution in [3.63, 3.8) is 0 Å². The van der Waals surface area contributed by atoms with Crippen molar-refractivity contribution in [2.75, 3.05) is 38.1 Å². The van der Waals surface area contributed by atoms with Gasteiger partial charge in [0.15, 0.2) is 0 Å². The van der Waals surface area contributed by atoms with Gasteiger partial charge in [-0.05, 0) is 50.3 Å². The van der Waals surface area contributed by atoms with Gasteiger partial charge in [0.1, 0.15) is 5.00 Å². The highest BCUT2D eigenvalue weighted by Gasteiger charge is 2.35. The summed E-state index contributed by atoms with van der Waals surface area (Å²) in [5.41, 5.74) is 3.55. The molecule has 0 bridgehead atoms. The molecule has 1 unspecified atom stereocenters. The lowest BCUT2D eigenvalue weighted by Crippen LogP contribution is -2.50. The zero-order valence-corrected chi connectivity index (χ0v) is 19.0. The Hall–Kier alpha value is -2.45. The molecule has 3 heterocycles. The Balaban J connectivity index is 1.70. The van der Waals surface area contributed by atoms with E-state index in [-0.39, 0.29) is 18.0 Å². The van der Waals surface area contributed by atoms with Crippen molar-refractivity contribution in [2.24, 2.45) is 0 Å². The molecule has 0 spiro atoms. The third-order valence-corrected chi connectivity index (χ3v) is 7.17. The molecule has 31 heavy (non-hydrogen) atoms. The number of ether oxygens (including phenoxy) is 1. The molecule has 0 saturated carbocycles. The van der Waals surface area contributed by atoms with E-state index in [2.05, 4.69) is 16.3 Å². The first-order valence-electron chi connectivity index (χ1n) is 11.1. The van der Waals surface area contributed by atoms with Crippen LogP contribution in [0.15, 0.2) is 24.4 Å². The number of carbonyl (C=O) groups is 2. The molecule has 1 aliphatic heterocycles. The zero-order valence-electron chi connectivity index (χ0n) is 18.2. The lowest BCUT2D eigenvalue weighted by molar-refractivity contribution is -0.114. The second-order valence-electron chi connectivity index (χ2n) is 8.01. The molecule has 8 heteroatoms. The molecule has 1 N–H and O–H groups in total. The van der Waals surface area contributed by atoms with E-state index in [9.17, 15) is 9.59 Å². The first-order valence-corrected chi connectivity index (χ1v) is 11.9. The summed E-state index contributed by atoms with van der Waals surface area (Å²) in [4.78, 5) is 34.4. The number of hydrogen-bond donors (Lipinski definition) is 1. The normalized spacial score (nSPS) is 17.7. The number of pyridine rings is 1. The van der Waals surface area contributed by atoms with Gasteiger partial charge in [0.25, 0.3) is 0 Å². The molecule has 2 aliphatic rings. The number of thiophene rings is 1. The molecule has 1 fully saturated rings. The molecule has 2 aromatic heterocycles. The maximum Gasteiger partial charge on any atom is 0.409 e. The average molecular weight is 443 g/mol. The van der Waals surface area contributed by atoms with E-state index in [1.54, 1.807) is 23.2 Å². The predicted octanol–water partition coefficient (Wildman–Crippen LogP) is 3.84. The Morgan fingerprint density at radius 3 is 2.65 bits per heavy atom. The van der Waals surface area contributed by atoms with Crippen LogP contribution in [-0.4, -0.2) is 59.6 Å². The fraction of sp³-hybridized carbons (Fsp3) is 0.522. The van der Waals surface area contributed by atoms with Gasteiger partial charge >= 0.3 is 6.09 Å². The van der Waals surface area contributed by atoms with E-state index in [4.69, 9.17) is 9.72 Å². The first-order chi connectivity index (χ1) is 15.1. The number of aromatic nitrogens is 1. The third kappa shape index (κ3) is 4.75. The number of piperazine rings is 1. The molecular formula is C23H30N4O3S. The Morgan fingerprint density at radius 2 is 1.97 bits per heavy atom. The number of nitrogens with one attached hydrogen (secondary N) is 1. The lowest BCUT2D eigenvalue weighted by Gasteiger charge is -2.39. The van der Waals surface area contributed by atoms with Gasteiger partial charge in [0.05, 0.1) is 18.3 Å². The quantitative estimate of drug-likeness (QED) is 0.761. The van der Waals surface area contributed by atoms with Crippen LogP contribution >= 0.6 is 11.3 Å². The van der Waals surface area contributed by atoms with Gasteiger partial charge in [-0.3, -0.25) is 14.7 Å². The van der Waals surface area contributed by atoms with Crippen molar-refractivity contribution >= 4 is 28.3 Å². The standard InChI is InChI=1S/C23H30N4O3S/c1-3-30-23(29)27-14-12-26(13-15-27)21(18-9-6-7-11-24-18)20-17-8-4-5-10-19(17)31-22(20)25-16(2)28/h6-7,9,11,21H,3-5,8,10,12-15H2,1-2H3,(H,25,28). The molecule has 1 atom stereocenters. The van der Waals surface area contributed by atoms with Gasteiger partial charge < -0.3 is 15.0 Å². The number of carbonyl (C=O) groups excluding carboxylic acids is 2. The summed E-state index contributed by atoms with van der Waals surface area (Å²) in [5, 5.41) is 4.05. The first kappa shape index (κ1) is 21.8. The van der Waals surface area contributed by atoms with Crippen LogP contribution in [-0.2, 0) is 22.4 Å². The van der Waals surface area contributed by atoms with Gasteiger partial charge in [-0.2, -0.15) is 0 Å². The summed E-state index contributed by atoms with van der Waals surface area (Å²) in [5.74, 6) is -0.0493. The van der Waals surface area contributed by atoms with Crippen molar-refractivity contribution in [2.45, 2.75) is 45.6 Å². The highest BCUT2D eigenvalue weighted by Crippen LogP contribution is 2.45. The van der Waals surface area contributed by atoms with Crippen LogP contribution in [0.2, 0.25) is 0 Å². The predicted molar refractivity (Wildman–Crippen MR) is 122 cm³/mol. The Bertz CT molecular complexity index is 922. The highest BCUT2D eigenvalue weighted by atomic mass is 32.1. The van der Waals surface area contributed by atoms with Crippen molar-refractivity contribution in [1.82, 2.24) is 14.8 Å². The summed E-state index contributed by atoms with van der Waals surface area (Å²) >= 11 is 1.72. The minimum atomic E-state index is -0.247. The molecule has 4 rings (SSSR count). The summed E-state index contributed by atoms with van der Waals surface area (Å²) in [7, 11) is 0. The van der Waals surface area contributed by atoms with E-state index >= 15 is 0 Å². The topological polar surface area (TPSA) is 74.8 Å². The van der Waals surface area contributed by atoms with Crippen molar-refractivity contribution in [3.8, 4) is 0 Å². The monoisotopic (exact) mass is 442 g/mol. The van der Waals surface area contributed by atoms with Gasteiger partial charge in [-0.15, -0.1) is 11.3 Å². The Labute approximate surface area is 187 Å². The maximum absolute atomic E-state index is 12.2. The number of anilines is 1. The molecule has 2 aromatic rings. The largest absolute Gasteiger partial charge is 0.450 e. The second-order valence-corrected chi connectivity index (χ2v) is 9.12. The molecule has 166 valence electrons. The summed E-state index contributed by atoms with van der Waals surface area (Å²) < 4.78 is 5.18. The minimum Gasteiger partial charge on any atom is -0.450 e. The highest BCUT2D eigenvalue weighted by molar-refractivity contribution is 7.16. The van der Waals surface area contributed by atoms with Crippen LogP contribution in [0.5, 0.6) is 0 Å². The third-order valence-electron chi connectivity index (χ3n) is 5.95. The molecule has 1 saturated heterocycles. The summed E-state index contributed by atoms with van der Waals surface area (Å²) in [6, 6.07) is 5.95. The van der Waals surface area contributed by atoms with Crippen LogP contribution in [0.1, 0.15) is 54.4 Å². The van der Waals surface area contributed by atoms with E-state index in [0.29, 0.717) is 19.7 Å². The van der Waals surface area contributed by atoms with Crippen LogP contribution < -0.4 is 5.32 Å². The maximum atomic E-state index is 12.2. The number of fused-ring (bicyclic) bond motifs is 1. The number of amides is 2. The average Bonchev–Trinajstić information content (AvgIpc) is 3.12. The van der Waals surface area contributed by atoms with Crippen molar-refractivity contribution < 1.29 is 14.3 Å². The van der Waals surface area contributed by atoms with Crippen LogP contribution in [0.4, 0.5) is 9.80 Å². The van der Waals surface area contributed by atoms with Gasteiger partial charge in [-0.1, -0.05) is 6.07 Å². The molecule has 1 aliphatic carbocycles. The molecule has 0 aromatic carbocycles.